The molecule has 3 aromatic carbocycles. The van der Waals surface area contributed by atoms with Crippen LogP contribution in [-0.4, -0.2) is 0 Å². The van der Waals surface area contributed by atoms with Gasteiger partial charge in [-0.3, -0.25) is 0 Å². The second-order valence-corrected chi connectivity index (χ2v) is 5.80. The van der Waals surface area contributed by atoms with Gasteiger partial charge in [-0.2, -0.15) is 0 Å². The Morgan fingerprint density at radius 1 is 0.571 bits per heavy atom. The summed E-state index contributed by atoms with van der Waals surface area (Å²) in [7, 11) is 0. The minimum Gasteiger partial charge on any atom is -0.0622 e. The molecule has 0 aromatic heterocycles. The molecule has 3 aromatic rings. The molecule has 100 valence electrons. The quantitative estimate of drug-likeness (QED) is 0.394. The van der Waals surface area contributed by atoms with Gasteiger partial charge in [-0.15, -0.1) is 0 Å². The van der Waals surface area contributed by atoms with Crippen molar-refractivity contribution in [3.63, 3.8) is 0 Å². The summed E-state index contributed by atoms with van der Waals surface area (Å²) >= 11 is 2.32. The maximum atomic E-state index is 3.31. The predicted molar refractivity (Wildman–Crippen MR) is 97.0 cm³/mol. The van der Waals surface area contributed by atoms with E-state index in [1.165, 1.54) is 14.7 Å². The second kappa shape index (κ2) is 6.60. The minimum atomic E-state index is 1.06. The third-order valence-electron chi connectivity index (χ3n) is 3.22. The van der Waals surface area contributed by atoms with E-state index in [0.717, 1.165) is 11.1 Å². The van der Waals surface area contributed by atoms with Crippen LogP contribution in [0.4, 0.5) is 0 Å². The van der Waals surface area contributed by atoms with Gasteiger partial charge in [-0.25, -0.2) is 0 Å². The van der Waals surface area contributed by atoms with Crippen molar-refractivity contribution in [3.05, 3.63) is 93.6 Å². The molecule has 0 atom stereocenters. The van der Waals surface area contributed by atoms with Crippen LogP contribution in [0.25, 0.3) is 11.1 Å². The van der Waals surface area contributed by atoms with Gasteiger partial charge < -0.3 is 0 Å². The fourth-order valence-electron chi connectivity index (χ4n) is 2.16. The summed E-state index contributed by atoms with van der Waals surface area (Å²) in [4.78, 5) is 0. The molecule has 0 radical (unpaired) electrons. The van der Waals surface area contributed by atoms with Crippen LogP contribution in [0.15, 0.2) is 78.9 Å². The van der Waals surface area contributed by atoms with Crippen LogP contribution in [0.3, 0.4) is 0 Å². The Morgan fingerprint density at radius 2 is 1.14 bits per heavy atom. The molecule has 3 rings (SSSR count). The molecule has 0 spiro atoms. The average Bonchev–Trinajstić information content (AvgIpc) is 2.55. The van der Waals surface area contributed by atoms with Gasteiger partial charge >= 0.3 is 0 Å². The maximum Gasteiger partial charge on any atom is 0.0382 e. The molecule has 0 saturated heterocycles. The average molecular weight is 380 g/mol. The summed E-state index contributed by atoms with van der Waals surface area (Å²) in [6, 6.07) is 26.9. The highest BCUT2D eigenvalue weighted by Gasteiger charge is 2.01. The van der Waals surface area contributed by atoms with Crippen molar-refractivity contribution in [1.29, 1.82) is 0 Å². The Kier molecular flexibility index (Phi) is 4.37. The van der Waals surface area contributed by atoms with E-state index >= 15 is 0 Å². The smallest absolute Gasteiger partial charge is 0.0382 e. The van der Waals surface area contributed by atoms with Gasteiger partial charge in [0.25, 0.3) is 0 Å². The molecule has 0 unspecified atom stereocenters. The monoisotopic (exact) mass is 380 g/mol. The van der Waals surface area contributed by atoms with E-state index < -0.39 is 0 Å². The number of hydrogen-bond acceptors (Lipinski definition) is 0. The van der Waals surface area contributed by atoms with Gasteiger partial charge in [0.2, 0.25) is 0 Å². The summed E-state index contributed by atoms with van der Waals surface area (Å²) in [6.07, 6.45) is 0. The van der Waals surface area contributed by atoms with Gasteiger partial charge in [0, 0.05) is 14.7 Å². The lowest BCUT2D eigenvalue weighted by atomic mass is 10.00. The fraction of sp³-hybridized carbons (Fsp3) is 0. The van der Waals surface area contributed by atoms with Crippen LogP contribution >= 0.6 is 22.6 Å². The van der Waals surface area contributed by atoms with Crippen molar-refractivity contribution < 1.29 is 0 Å². The van der Waals surface area contributed by atoms with E-state index in [0.29, 0.717) is 0 Å². The Labute approximate surface area is 139 Å². The van der Waals surface area contributed by atoms with E-state index in [1.807, 2.05) is 24.3 Å². The first-order chi connectivity index (χ1) is 10.3. The largest absolute Gasteiger partial charge is 0.0622 e. The first-order valence-electron chi connectivity index (χ1n) is 6.75. The summed E-state index contributed by atoms with van der Waals surface area (Å²) in [5.41, 5.74) is 4.51. The van der Waals surface area contributed by atoms with Crippen LogP contribution in [0.5, 0.6) is 0 Å². The maximum absolute atomic E-state index is 3.31. The van der Waals surface area contributed by atoms with Crippen LogP contribution in [-0.2, 0) is 0 Å². The lowest BCUT2D eigenvalue weighted by molar-refractivity contribution is 1.56. The number of benzene rings is 3. The predicted octanol–water partition coefficient (Wildman–Crippen LogP) is 5.36. The van der Waals surface area contributed by atoms with Gasteiger partial charge in [0.05, 0.1) is 0 Å². The topological polar surface area (TPSA) is 0 Å². The van der Waals surface area contributed by atoms with Crippen molar-refractivity contribution >= 4 is 22.6 Å². The number of halogens is 1. The number of hydrogen-bond donors (Lipinski definition) is 0. The number of rotatable bonds is 1. The van der Waals surface area contributed by atoms with Gasteiger partial charge in [-0.05, 0) is 51.9 Å². The molecule has 0 N–H and O–H groups in total. The van der Waals surface area contributed by atoms with Crippen molar-refractivity contribution in [2.75, 3.05) is 0 Å². The molecule has 0 aliphatic carbocycles. The minimum absolute atomic E-state index is 1.06. The third kappa shape index (κ3) is 3.34. The molecule has 0 bridgehead atoms. The Morgan fingerprint density at radius 3 is 1.90 bits per heavy atom. The first kappa shape index (κ1) is 13.9. The van der Waals surface area contributed by atoms with Gasteiger partial charge in [0.15, 0.2) is 0 Å². The van der Waals surface area contributed by atoms with Crippen LogP contribution < -0.4 is 0 Å². The highest BCUT2D eigenvalue weighted by Crippen LogP contribution is 2.22. The first-order valence-corrected chi connectivity index (χ1v) is 7.83. The van der Waals surface area contributed by atoms with Gasteiger partial charge in [0.1, 0.15) is 0 Å². The van der Waals surface area contributed by atoms with Gasteiger partial charge in [-0.1, -0.05) is 72.5 Å². The molecule has 0 aliphatic rings. The Hall–Kier alpha value is -2.05. The van der Waals surface area contributed by atoms with E-state index in [1.54, 1.807) is 0 Å². The van der Waals surface area contributed by atoms with E-state index in [4.69, 9.17) is 0 Å². The zero-order valence-electron chi connectivity index (χ0n) is 11.4. The van der Waals surface area contributed by atoms with Crippen molar-refractivity contribution in [2.45, 2.75) is 0 Å². The molecular weight excluding hydrogens is 367 g/mol. The highest BCUT2D eigenvalue weighted by molar-refractivity contribution is 14.1. The van der Waals surface area contributed by atoms with Crippen molar-refractivity contribution in [1.82, 2.24) is 0 Å². The Bertz CT molecular complexity index is 808. The van der Waals surface area contributed by atoms with Crippen molar-refractivity contribution in [3.8, 4) is 23.0 Å². The molecule has 1 heteroatoms. The molecular formula is C20H13I. The lowest BCUT2D eigenvalue weighted by Gasteiger charge is -2.04. The summed E-state index contributed by atoms with van der Waals surface area (Å²) < 4.78 is 1.18. The van der Waals surface area contributed by atoms with E-state index in [-0.39, 0.29) is 0 Å². The zero-order chi connectivity index (χ0) is 14.5. The summed E-state index contributed by atoms with van der Waals surface area (Å²) in [5.74, 6) is 6.60. The lowest BCUT2D eigenvalue weighted by Crippen LogP contribution is -1.84. The summed E-state index contributed by atoms with van der Waals surface area (Å²) in [6.45, 7) is 0. The molecule has 0 fully saturated rings. The molecule has 0 nitrogen and oxygen atoms in total. The molecule has 0 heterocycles. The van der Waals surface area contributed by atoms with Crippen molar-refractivity contribution in [2.24, 2.45) is 0 Å². The molecule has 21 heavy (non-hydrogen) atoms. The highest BCUT2D eigenvalue weighted by atomic mass is 127. The van der Waals surface area contributed by atoms with Crippen LogP contribution in [0.1, 0.15) is 11.1 Å². The standard InChI is InChI=1S/C20H13I/c21-20-13-7-5-11-18(20)15-14-17-10-4-6-12-19(17)16-8-2-1-3-9-16/h1-13H. The SMILES string of the molecule is Ic1ccccc1C#Cc1ccccc1-c1ccccc1. The summed E-state index contributed by atoms with van der Waals surface area (Å²) in [5, 5.41) is 0. The molecule has 0 aliphatic heterocycles. The molecule has 0 saturated carbocycles. The van der Waals surface area contributed by atoms with E-state index in [2.05, 4.69) is 89.0 Å². The van der Waals surface area contributed by atoms with Crippen LogP contribution in [0.2, 0.25) is 0 Å². The van der Waals surface area contributed by atoms with Crippen LogP contribution in [0, 0.1) is 15.4 Å². The fourth-order valence-corrected chi connectivity index (χ4v) is 2.68. The normalized spacial score (nSPS) is 9.76. The van der Waals surface area contributed by atoms with E-state index in [9.17, 15) is 0 Å². The molecule has 0 amide bonds. The second-order valence-electron chi connectivity index (χ2n) is 4.64. The zero-order valence-corrected chi connectivity index (χ0v) is 13.5. The third-order valence-corrected chi connectivity index (χ3v) is 4.16. The Balaban J connectivity index is 2.04.